The Balaban J connectivity index is 1.94. The molecule has 0 fully saturated rings. The number of hydrogen-bond acceptors (Lipinski definition) is 3. The van der Waals surface area contributed by atoms with Crippen molar-refractivity contribution < 1.29 is 4.39 Å². The average Bonchev–Trinajstić information content (AvgIpc) is 2.60. The lowest BCUT2D eigenvalue weighted by atomic mass is 9.82. The Labute approximate surface area is 162 Å². The summed E-state index contributed by atoms with van der Waals surface area (Å²) < 4.78 is 14.3. The minimum Gasteiger partial charge on any atom is -0.313 e. The van der Waals surface area contributed by atoms with E-state index in [2.05, 4.69) is 56.4 Å². The predicted molar refractivity (Wildman–Crippen MR) is 111 cm³/mol. The molecule has 4 heteroatoms. The molecule has 0 saturated carbocycles. The van der Waals surface area contributed by atoms with Crippen LogP contribution >= 0.6 is 11.8 Å². The van der Waals surface area contributed by atoms with Crippen molar-refractivity contribution in [3.8, 4) is 0 Å². The maximum absolute atomic E-state index is 14.3. The zero-order chi connectivity index (χ0) is 19.2. The van der Waals surface area contributed by atoms with Crippen molar-refractivity contribution >= 4 is 11.8 Å². The Kier molecular flexibility index (Phi) is 7.24. The van der Waals surface area contributed by atoms with Gasteiger partial charge < -0.3 is 5.32 Å². The Morgan fingerprint density at radius 3 is 2.38 bits per heavy atom. The van der Waals surface area contributed by atoms with E-state index >= 15 is 0 Å². The number of thioether (sulfide) groups is 1. The van der Waals surface area contributed by atoms with Gasteiger partial charge in [0.2, 0.25) is 0 Å². The first-order valence-electron chi connectivity index (χ1n) is 9.15. The summed E-state index contributed by atoms with van der Waals surface area (Å²) in [5.74, 6) is 0.799. The van der Waals surface area contributed by atoms with E-state index < -0.39 is 0 Å². The molecule has 0 spiro atoms. The molecule has 0 aliphatic heterocycles. The van der Waals surface area contributed by atoms with Gasteiger partial charge in [-0.05, 0) is 59.5 Å². The van der Waals surface area contributed by atoms with E-state index in [0.717, 1.165) is 36.4 Å². The number of nitrogens with zero attached hydrogens (tertiary/aromatic N) is 1. The molecule has 2 rings (SSSR count). The smallest absolute Gasteiger partial charge is 0.126 e. The van der Waals surface area contributed by atoms with Crippen molar-refractivity contribution in [3.05, 3.63) is 65.2 Å². The first kappa shape index (κ1) is 20.9. The van der Waals surface area contributed by atoms with Crippen LogP contribution in [0.5, 0.6) is 0 Å². The van der Waals surface area contributed by atoms with Crippen molar-refractivity contribution in [2.45, 2.75) is 51.5 Å². The third-order valence-electron chi connectivity index (χ3n) is 4.98. The summed E-state index contributed by atoms with van der Waals surface area (Å²) in [4.78, 5) is 4.10. The van der Waals surface area contributed by atoms with E-state index in [-0.39, 0.29) is 16.6 Å². The lowest BCUT2D eigenvalue weighted by molar-refractivity contribution is 0.456. The van der Waals surface area contributed by atoms with Gasteiger partial charge in [-0.3, -0.25) is 4.98 Å². The molecule has 0 aliphatic carbocycles. The van der Waals surface area contributed by atoms with Gasteiger partial charge in [-0.2, -0.15) is 11.8 Å². The van der Waals surface area contributed by atoms with E-state index in [1.54, 1.807) is 17.8 Å². The van der Waals surface area contributed by atoms with Gasteiger partial charge in [-0.15, -0.1) is 0 Å². The Bertz CT molecular complexity index is 699. The van der Waals surface area contributed by atoms with Crippen LogP contribution in [0.15, 0.2) is 42.7 Å². The maximum Gasteiger partial charge on any atom is 0.126 e. The van der Waals surface area contributed by atoms with Crippen molar-refractivity contribution in [2.75, 3.05) is 18.6 Å². The lowest BCUT2D eigenvalue weighted by Crippen LogP contribution is -2.26. The Hall–Kier alpha value is -1.39. The average molecular weight is 375 g/mol. The van der Waals surface area contributed by atoms with Crippen LogP contribution in [0.2, 0.25) is 0 Å². The van der Waals surface area contributed by atoms with Crippen LogP contribution in [0, 0.1) is 5.82 Å². The minimum atomic E-state index is -0.164. The highest BCUT2D eigenvalue weighted by Gasteiger charge is 2.24. The number of rotatable bonds is 9. The molecule has 142 valence electrons. The second-order valence-corrected chi connectivity index (χ2v) is 9.04. The second-order valence-electron chi connectivity index (χ2n) is 8.18. The minimum absolute atomic E-state index is 0.101. The van der Waals surface area contributed by atoms with E-state index in [4.69, 9.17) is 0 Å². The van der Waals surface area contributed by atoms with Crippen LogP contribution in [0.3, 0.4) is 0 Å². The zero-order valence-electron chi connectivity index (χ0n) is 16.6. The van der Waals surface area contributed by atoms with Crippen molar-refractivity contribution in [3.63, 3.8) is 0 Å². The van der Waals surface area contributed by atoms with Gasteiger partial charge in [0.15, 0.2) is 0 Å². The topological polar surface area (TPSA) is 24.9 Å². The number of pyridine rings is 1. The molecule has 1 N–H and O–H groups in total. The molecule has 2 aromatic rings. The maximum atomic E-state index is 14.3. The monoisotopic (exact) mass is 374 g/mol. The number of hydrogen-bond donors (Lipinski definition) is 1. The molecule has 0 bridgehead atoms. The Morgan fingerprint density at radius 2 is 1.73 bits per heavy atom. The van der Waals surface area contributed by atoms with Crippen LogP contribution in [-0.2, 0) is 17.4 Å². The van der Waals surface area contributed by atoms with Crippen molar-refractivity contribution in [1.29, 1.82) is 0 Å². The molecular weight excluding hydrogens is 343 g/mol. The van der Waals surface area contributed by atoms with Gasteiger partial charge in [-0.25, -0.2) is 4.39 Å². The highest BCUT2D eigenvalue weighted by atomic mass is 32.2. The quantitative estimate of drug-likeness (QED) is 0.601. The third kappa shape index (κ3) is 5.55. The number of halogens is 1. The molecule has 0 aliphatic rings. The van der Waals surface area contributed by atoms with Crippen LogP contribution < -0.4 is 5.32 Å². The summed E-state index contributed by atoms with van der Waals surface area (Å²) in [5, 5.41) is 3.51. The first-order valence-corrected chi connectivity index (χ1v) is 10.5. The van der Waals surface area contributed by atoms with Gasteiger partial charge in [0.1, 0.15) is 5.82 Å². The molecule has 0 atom stereocenters. The fraction of sp³-hybridized carbons (Fsp3) is 0.500. The van der Waals surface area contributed by atoms with Crippen molar-refractivity contribution in [2.24, 2.45) is 0 Å². The molecular formula is C22H31FN2S. The highest BCUT2D eigenvalue weighted by molar-refractivity contribution is 7.98. The summed E-state index contributed by atoms with van der Waals surface area (Å²) in [6.45, 7) is 10.4. The van der Waals surface area contributed by atoms with Crippen LogP contribution in [0.1, 0.15) is 50.8 Å². The Morgan fingerprint density at radius 1 is 1.04 bits per heavy atom. The molecule has 0 amide bonds. The largest absolute Gasteiger partial charge is 0.313 e. The van der Waals surface area contributed by atoms with Crippen molar-refractivity contribution in [1.82, 2.24) is 10.3 Å². The SMILES string of the molecule is CSCC(C)(C)c1cc(CNCCC(C)(C)c2ccncc2)ccc1F. The normalized spacial score (nSPS) is 12.4. The fourth-order valence-corrected chi connectivity index (χ4v) is 4.10. The zero-order valence-corrected chi connectivity index (χ0v) is 17.4. The van der Waals surface area contributed by atoms with Gasteiger partial charge >= 0.3 is 0 Å². The summed E-state index contributed by atoms with van der Waals surface area (Å²) in [7, 11) is 0. The molecule has 1 aromatic heterocycles. The standard InChI is InChI=1S/C22H31FN2S/c1-21(2,18-8-11-24-12-9-18)10-13-25-15-17-6-7-20(23)19(14-17)22(3,4)16-26-5/h6-9,11-12,14,25H,10,13,15-16H2,1-5H3. The van der Waals surface area contributed by atoms with Crippen LogP contribution in [-0.4, -0.2) is 23.5 Å². The van der Waals surface area contributed by atoms with Gasteiger partial charge in [0.05, 0.1) is 0 Å². The summed E-state index contributed by atoms with van der Waals surface area (Å²) >= 11 is 1.75. The second kappa shape index (κ2) is 9.01. The lowest BCUT2D eigenvalue weighted by Gasteiger charge is -2.26. The molecule has 2 nitrogen and oxygen atoms in total. The number of nitrogens with one attached hydrogen (secondary N) is 1. The molecule has 1 heterocycles. The summed E-state index contributed by atoms with van der Waals surface area (Å²) in [6.07, 6.45) is 6.79. The summed E-state index contributed by atoms with van der Waals surface area (Å²) in [6, 6.07) is 9.68. The van der Waals surface area contributed by atoms with E-state index in [1.165, 1.54) is 5.56 Å². The van der Waals surface area contributed by atoms with Gasteiger partial charge in [0, 0.05) is 30.1 Å². The number of benzene rings is 1. The predicted octanol–water partition coefficient (Wildman–Crippen LogP) is 5.32. The first-order chi connectivity index (χ1) is 12.3. The van der Waals surface area contributed by atoms with Gasteiger partial charge in [-0.1, -0.05) is 39.8 Å². The van der Waals surface area contributed by atoms with Gasteiger partial charge in [0.25, 0.3) is 0 Å². The molecule has 0 radical (unpaired) electrons. The molecule has 26 heavy (non-hydrogen) atoms. The fourth-order valence-electron chi connectivity index (χ4n) is 3.22. The van der Waals surface area contributed by atoms with Crippen LogP contribution in [0.25, 0.3) is 0 Å². The molecule has 0 unspecified atom stereocenters. The highest BCUT2D eigenvalue weighted by Crippen LogP contribution is 2.30. The van der Waals surface area contributed by atoms with E-state index in [0.29, 0.717) is 0 Å². The van der Waals surface area contributed by atoms with Crippen LogP contribution in [0.4, 0.5) is 4.39 Å². The molecule has 0 saturated heterocycles. The summed E-state index contributed by atoms with van der Waals surface area (Å²) in [5.41, 5.74) is 3.19. The van der Waals surface area contributed by atoms with E-state index in [9.17, 15) is 4.39 Å². The third-order valence-corrected chi connectivity index (χ3v) is 5.99. The number of aromatic nitrogens is 1. The van der Waals surface area contributed by atoms with E-state index in [1.807, 2.05) is 24.5 Å². The molecule has 1 aromatic carbocycles.